The Labute approximate surface area is 165 Å². The van der Waals surface area contributed by atoms with Crippen molar-refractivity contribution in [2.24, 2.45) is 0 Å². The zero-order chi connectivity index (χ0) is 20.2. The van der Waals surface area contributed by atoms with Crippen LogP contribution in [0, 0.1) is 0 Å². The van der Waals surface area contributed by atoms with E-state index in [2.05, 4.69) is 5.32 Å². The zero-order valence-corrected chi connectivity index (χ0v) is 17.2. The van der Waals surface area contributed by atoms with Crippen LogP contribution < -0.4 is 14.4 Å². The molecule has 0 saturated heterocycles. The van der Waals surface area contributed by atoms with Crippen LogP contribution in [-0.2, 0) is 14.8 Å². The van der Waals surface area contributed by atoms with Crippen LogP contribution in [0.2, 0.25) is 5.02 Å². The Morgan fingerprint density at radius 2 is 1.78 bits per heavy atom. The van der Waals surface area contributed by atoms with E-state index < -0.39 is 22.0 Å². The van der Waals surface area contributed by atoms with Gasteiger partial charge in [-0.05, 0) is 49.7 Å². The van der Waals surface area contributed by atoms with E-state index in [-0.39, 0.29) is 6.04 Å². The molecule has 0 aromatic heterocycles. The first-order valence-electron chi connectivity index (χ1n) is 8.32. The van der Waals surface area contributed by atoms with Crippen LogP contribution in [0.3, 0.4) is 0 Å². The minimum absolute atomic E-state index is 0.299. The molecule has 0 aliphatic carbocycles. The summed E-state index contributed by atoms with van der Waals surface area (Å²) in [6.07, 6.45) is 1.06. The fourth-order valence-corrected chi connectivity index (χ4v) is 4.08. The highest BCUT2D eigenvalue weighted by molar-refractivity contribution is 7.92. The van der Waals surface area contributed by atoms with Gasteiger partial charge in [-0.1, -0.05) is 29.8 Å². The highest BCUT2D eigenvalue weighted by Crippen LogP contribution is 2.25. The van der Waals surface area contributed by atoms with Gasteiger partial charge in [0.1, 0.15) is 11.8 Å². The number of halogens is 1. The Bertz CT molecular complexity index is 900. The normalized spacial score (nSPS) is 13.5. The number of nitrogens with one attached hydrogen (secondary N) is 1. The second-order valence-corrected chi connectivity index (χ2v) is 8.51. The van der Waals surface area contributed by atoms with Gasteiger partial charge in [-0.25, -0.2) is 8.42 Å². The number of amides is 1. The summed E-state index contributed by atoms with van der Waals surface area (Å²) in [5, 5.41) is 3.24. The molecule has 0 aliphatic heterocycles. The van der Waals surface area contributed by atoms with E-state index in [0.29, 0.717) is 10.7 Å². The monoisotopic (exact) mass is 410 g/mol. The number of sulfonamides is 1. The van der Waals surface area contributed by atoms with Crippen LogP contribution in [0.5, 0.6) is 5.75 Å². The predicted molar refractivity (Wildman–Crippen MR) is 108 cm³/mol. The van der Waals surface area contributed by atoms with E-state index in [4.69, 9.17) is 16.3 Å². The molecule has 2 aromatic rings. The quantitative estimate of drug-likeness (QED) is 0.759. The molecule has 0 aliphatic rings. The summed E-state index contributed by atoms with van der Waals surface area (Å²) in [7, 11) is -2.11. The van der Waals surface area contributed by atoms with Gasteiger partial charge < -0.3 is 10.1 Å². The van der Waals surface area contributed by atoms with Crippen molar-refractivity contribution in [2.75, 3.05) is 17.7 Å². The summed E-state index contributed by atoms with van der Waals surface area (Å²) in [5.41, 5.74) is 1.22. The largest absolute Gasteiger partial charge is 0.497 e. The maximum atomic E-state index is 12.7. The summed E-state index contributed by atoms with van der Waals surface area (Å²) in [5.74, 6) is 0.304. The molecule has 0 saturated carbocycles. The molecule has 2 atom stereocenters. The van der Waals surface area contributed by atoms with Crippen molar-refractivity contribution in [2.45, 2.75) is 25.9 Å². The van der Waals surface area contributed by atoms with E-state index in [9.17, 15) is 13.2 Å². The molecule has 8 heteroatoms. The maximum Gasteiger partial charge on any atom is 0.244 e. The lowest BCUT2D eigenvalue weighted by Crippen LogP contribution is -2.48. The number of hydrogen-bond donors (Lipinski definition) is 1. The van der Waals surface area contributed by atoms with Gasteiger partial charge in [-0.3, -0.25) is 9.10 Å². The molecule has 1 amide bonds. The number of methoxy groups -OCH3 is 1. The molecule has 0 bridgehead atoms. The van der Waals surface area contributed by atoms with Crippen LogP contribution in [0.1, 0.15) is 25.5 Å². The summed E-state index contributed by atoms with van der Waals surface area (Å²) in [6.45, 7) is 3.37. The van der Waals surface area contributed by atoms with Crippen molar-refractivity contribution in [3.05, 3.63) is 59.1 Å². The second kappa shape index (κ2) is 8.63. The molecular formula is C19H23ClN2O4S. The predicted octanol–water partition coefficient (Wildman–Crippen LogP) is 3.38. The van der Waals surface area contributed by atoms with Crippen molar-refractivity contribution in [1.29, 1.82) is 0 Å². The highest BCUT2D eigenvalue weighted by atomic mass is 35.5. The second-order valence-electron chi connectivity index (χ2n) is 6.22. The zero-order valence-electron chi connectivity index (χ0n) is 15.6. The molecule has 146 valence electrons. The third-order valence-corrected chi connectivity index (χ3v) is 5.60. The van der Waals surface area contributed by atoms with Crippen LogP contribution in [0.15, 0.2) is 48.5 Å². The molecule has 2 rings (SSSR count). The van der Waals surface area contributed by atoms with Crippen molar-refractivity contribution < 1.29 is 17.9 Å². The van der Waals surface area contributed by atoms with E-state index in [0.717, 1.165) is 21.9 Å². The smallest absolute Gasteiger partial charge is 0.244 e. The van der Waals surface area contributed by atoms with Crippen molar-refractivity contribution >= 4 is 33.2 Å². The molecule has 6 nitrogen and oxygen atoms in total. The van der Waals surface area contributed by atoms with E-state index in [1.54, 1.807) is 37.4 Å². The van der Waals surface area contributed by atoms with Crippen molar-refractivity contribution in [3.63, 3.8) is 0 Å². The average molecular weight is 411 g/mol. The number of rotatable bonds is 7. The molecule has 1 N–H and O–H groups in total. The first kappa shape index (κ1) is 21.1. The number of carbonyl (C=O) groups is 1. The molecule has 0 heterocycles. The van der Waals surface area contributed by atoms with Gasteiger partial charge in [0.15, 0.2) is 0 Å². The average Bonchev–Trinajstić information content (AvgIpc) is 2.60. The highest BCUT2D eigenvalue weighted by Gasteiger charge is 2.30. The number of ether oxygens (including phenoxy) is 1. The lowest BCUT2D eigenvalue weighted by atomic mass is 10.1. The van der Waals surface area contributed by atoms with Crippen LogP contribution in [0.25, 0.3) is 0 Å². The van der Waals surface area contributed by atoms with E-state index in [1.165, 1.54) is 13.0 Å². The van der Waals surface area contributed by atoms with Crippen molar-refractivity contribution in [1.82, 2.24) is 5.32 Å². The summed E-state index contributed by atoms with van der Waals surface area (Å²) in [6, 6.07) is 12.4. The Hall–Kier alpha value is -2.25. The third-order valence-electron chi connectivity index (χ3n) is 4.13. The fourth-order valence-electron chi connectivity index (χ4n) is 2.73. The lowest BCUT2D eigenvalue weighted by molar-refractivity contribution is -0.122. The first-order valence-corrected chi connectivity index (χ1v) is 10.6. The Morgan fingerprint density at radius 3 is 2.30 bits per heavy atom. The molecule has 27 heavy (non-hydrogen) atoms. The summed E-state index contributed by atoms with van der Waals surface area (Å²) in [4.78, 5) is 12.7. The van der Waals surface area contributed by atoms with Crippen molar-refractivity contribution in [3.8, 4) is 5.75 Å². The van der Waals surface area contributed by atoms with E-state index >= 15 is 0 Å². The molecular weight excluding hydrogens is 388 g/mol. The van der Waals surface area contributed by atoms with Gasteiger partial charge in [0, 0.05) is 5.02 Å². The molecule has 0 fully saturated rings. The fraction of sp³-hybridized carbons (Fsp3) is 0.316. The maximum absolute atomic E-state index is 12.7. The molecule has 0 spiro atoms. The van der Waals surface area contributed by atoms with Gasteiger partial charge >= 0.3 is 0 Å². The van der Waals surface area contributed by atoms with Gasteiger partial charge in [0.25, 0.3) is 0 Å². The number of carbonyl (C=O) groups excluding carboxylic acids is 1. The minimum atomic E-state index is -3.69. The summed E-state index contributed by atoms with van der Waals surface area (Å²) >= 11 is 5.98. The third kappa shape index (κ3) is 5.37. The van der Waals surface area contributed by atoms with Crippen LogP contribution in [0.4, 0.5) is 5.69 Å². The van der Waals surface area contributed by atoms with Gasteiger partial charge in [-0.2, -0.15) is 0 Å². The molecule has 0 radical (unpaired) electrons. The Balaban J connectivity index is 2.21. The van der Waals surface area contributed by atoms with Gasteiger partial charge in [0.05, 0.1) is 25.1 Å². The number of benzene rings is 2. The van der Waals surface area contributed by atoms with Gasteiger partial charge in [-0.15, -0.1) is 0 Å². The molecule has 2 aromatic carbocycles. The topological polar surface area (TPSA) is 75.7 Å². The first-order chi connectivity index (χ1) is 12.6. The molecule has 2 unspecified atom stereocenters. The number of nitrogens with zero attached hydrogens (tertiary/aromatic N) is 1. The Kier molecular flexibility index (Phi) is 6.73. The van der Waals surface area contributed by atoms with Gasteiger partial charge in [0.2, 0.25) is 15.9 Å². The summed E-state index contributed by atoms with van der Waals surface area (Å²) < 4.78 is 30.8. The number of anilines is 1. The van der Waals surface area contributed by atoms with Crippen LogP contribution >= 0.6 is 11.6 Å². The lowest BCUT2D eigenvalue weighted by Gasteiger charge is -2.29. The number of hydrogen-bond acceptors (Lipinski definition) is 4. The Morgan fingerprint density at radius 1 is 1.15 bits per heavy atom. The minimum Gasteiger partial charge on any atom is -0.497 e. The SMILES string of the molecule is COc1ccc(C(C)NC(=O)C(C)N(c2cccc(Cl)c2)S(C)(=O)=O)cc1. The standard InChI is InChI=1S/C19H23ClN2O4S/c1-13(15-8-10-18(26-3)11-9-15)21-19(23)14(2)22(27(4,24)25)17-7-5-6-16(20)12-17/h5-14H,1-4H3,(H,21,23). The van der Waals surface area contributed by atoms with E-state index in [1.807, 2.05) is 19.1 Å². The van der Waals surface area contributed by atoms with Crippen LogP contribution in [-0.4, -0.2) is 33.7 Å².